The Morgan fingerprint density at radius 1 is 1.39 bits per heavy atom. The summed E-state index contributed by atoms with van der Waals surface area (Å²) in [4.78, 5) is 14.1. The van der Waals surface area contributed by atoms with Gasteiger partial charge in [-0.1, -0.05) is 28.9 Å². The molecule has 0 radical (unpaired) electrons. The standard InChI is InChI=1S/C14H21BrN2O/c1-10(9-15)11(2)16-14(18)12-6-5-7-13(8-12)17(3)4/h5-8,10-11H,9H2,1-4H3,(H,16,18). The van der Waals surface area contributed by atoms with Crippen molar-refractivity contribution in [2.75, 3.05) is 24.3 Å². The lowest BCUT2D eigenvalue weighted by atomic mass is 10.1. The van der Waals surface area contributed by atoms with Crippen molar-refractivity contribution in [2.24, 2.45) is 5.92 Å². The number of alkyl halides is 1. The molecule has 2 unspecified atom stereocenters. The van der Waals surface area contributed by atoms with Crippen molar-refractivity contribution in [1.82, 2.24) is 5.32 Å². The van der Waals surface area contributed by atoms with Gasteiger partial charge in [0.1, 0.15) is 0 Å². The topological polar surface area (TPSA) is 32.3 Å². The summed E-state index contributed by atoms with van der Waals surface area (Å²) in [6.07, 6.45) is 0. The van der Waals surface area contributed by atoms with Crippen LogP contribution in [0.4, 0.5) is 5.69 Å². The highest BCUT2D eigenvalue weighted by Crippen LogP contribution is 2.14. The van der Waals surface area contributed by atoms with Crippen molar-refractivity contribution in [1.29, 1.82) is 0 Å². The number of nitrogens with zero attached hydrogens (tertiary/aromatic N) is 1. The van der Waals surface area contributed by atoms with Crippen molar-refractivity contribution in [3.8, 4) is 0 Å². The minimum atomic E-state index is -0.0148. The first-order valence-corrected chi connectivity index (χ1v) is 7.22. The fourth-order valence-electron chi connectivity index (χ4n) is 1.49. The van der Waals surface area contributed by atoms with Gasteiger partial charge in [-0.15, -0.1) is 0 Å². The van der Waals surface area contributed by atoms with Gasteiger partial charge in [-0.3, -0.25) is 4.79 Å². The van der Waals surface area contributed by atoms with Gasteiger partial charge in [-0.2, -0.15) is 0 Å². The Hall–Kier alpha value is -1.03. The van der Waals surface area contributed by atoms with Crippen LogP contribution in [-0.4, -0.2) is 31.4 Å². The minimum Gasteiger partial charge on any atom is -0.378 e. The van der Waals surface area contributed by atoms with E-state index in [2.05, 4.69) is 28.2 Å². The van der Waals surface area contributed by atoms with Crippen molar-refractivity contribution in [2.45, 2.75) is 19.9 Å². The molecule has 0 spiro atoms. The highest BCUT2D eigenvalue weighted by molar-refractivity contribution is 9.09. The summed E-state index contributed by atoms with van der Waals surface area (Å²) in [7, 11) is 3.93. The Labute approximate surface area is 118 Å². The molecule has 0 fully saturated rings. The number of amides is 1. The molecule has 2 atom stereocenters. The maximum absolute atomic E-state index is 12.1. The highest BCUT2D eigenvalue weighted by atomic mass is 79.9. The number of carbonyl (C=O) groups is 1. The summed E-state index contributed by atoms with van der Waals surface area (Å²) in [5.74, 6) is 0.394. The largest absolute Gasteiger partial charge is 0.378 e. The van der Waals surface area contributed by atoms with Crippen LogP contribution < -0.4 is 10.2 Å². The minimum absolute atomic E-state index is 0.0148. The van der Waals surface area contributed by atoms with Crippen molar-refractivity contribution in [3.05, 3.63) is 29.8 Å². The summed E-state index contributed by atoms with van der Waals surface area (Å²) in [6, 6.07) is 7.79. The van der Waals surface area contributed by atoms with Gasteiger partial charge in [0, 0.05) is 36.7 Å². The van der Waals surface area contributed by atoms with Gasteiger partial charge in [0.05, 0.1) is 0 Å². The normalized spacial score (nSPS) is 13.8. The number of anilines is 1. The number of halogens is 1. The number of carbonyl (C=O) groups excluding carboxylic acids is 1. The Bertz CT molecular complexity index is 407. The molecule has 1 aromatic rings. The number of nitrogens with one attached hydrogen (secondary N) is 1. The monoisotopic (exact) mass is 312 g/mol. The van der Waals surface area contributed by atoms with Crippen LogP contribution in [0.3, 0.4) is 0 Å². The van der Waals surface area contributed by atoms with Gasteiger partial charge in [-0.05, 0) is 31.0 Å². The van der Waals surface area contributed by atoms with Crippen LogP contribution in [0.1, 0.15) is 24.2 Å². The lowest BCUT2D eigenvalue weighted by Crippen LogP contribution is -2.37. The molecule has 0 aromatic heterocycles. The van der Waals surface area contributed by atoms with Crippen molar-refractivity contribution in [3.63, 3.8) is 0 Å². The molecular weight excluding hydrogens is 292 g/mol. The fraction of sp³-hybridized carbons (Fsp3) is 0.500. The van der Waals surface area contributed by atoms with E-state index >= 15 is 0 Å². The zero-order valence-corrected chi connectivity index (χ0v) is 13.0. The average molecular weight is 313 g/mol. The first-order chi connectivity index (χ1) is 8.45. The van der Waals surface area contributed by atoms with E-state index in [1.165, 1.54) is 0 Å². The van der Waals surface area contributed by atoms with Crippen molar-refractivity contribution >= 4 is 27.5 Å². The average Bonchev–Trinajstić information content (AvgIpc) is 2.37. The highest BCUT2D eigenvalue weighted by Gasteiger charge is 2.15. The Kier molecular flexibility index (Phi) is 5.66. The molecule has 4 heteroatoms. The third-order valence-electron chi connectivity index (χ3n) is 3.08. The molecule has 0 bridgehead atoms. The van der Waals surface area contributed by atoms with Gasteiger partial charge in [-0.25, -0.2) is 0 Å². The van der Waals surface area contributed by atoms with E-state index < -0.39 is 0 Å². The third kappa shape index (κ3) is 4.02. The maximum Gasteiger partial charge on any atom is 0.251 e. The van der Waals surface area contributed by atoms with Crippen LogP contribution in [-0.2, 0) is 0 Å². The molecule has 0 saturated heterocycles. The fourth-order valence-corrected chi connectivity index (χ4v) is 2.05. The maximum atomic E-state index is 12.1. The summed E-state index contributed by atoms with van der Waals surface area (Å²) in [5, 5.41) is 3.91. The quantitative estimate of drug-likeness (QED) is 0.848. The van der Waals surface area contributed by atoms with Gasteiger partial charge in [0.25, 0.3) is 5.91 Å². The molecule has 1 amide bonds. The van der Waals surface area contributed by atoms with Crippen LogP contribution >= 0.6 is 15.9 Å². The lowest BCUT2D eigenvalue weighted by Gasteiger charge is -2.20. The van der Waals surface area contributed by atoms with Crippen LogP contribution in [0.15, 0.2) is 24.3 Å². The Morgan fingerprint density at radius 3 is 2.61 bits per heavy atom. The molecule has 1 aromatic carbocycles. The molecule has 100 valence electrons. The summed E-state index contributed by atoms with van der Waals surface area (Å²) < 4.78 is 0. The number of benzene rings is 1. The second-order valence-corrected chi connectivity index (χ2v) is 5.49. The van der Waals surface area contributed by atoms with E-state index in [0.29, 0.717) is 11.5 Å². The molecule has 0 aliphatic carbocycles. The second-order valence-electron chi connectivity index (χ2n) is 4.84. The smallest absolute Gasteiger partial charge is 0.251 e. The molecule has 0 saturated carbocycles. The van der Waals surface area contributed by atoms with E-state index in [-0.39, 0.29) is 11.9 Å². The zero-order chi connectivity index (χ0) is 13.7. The SMILES string of the molecule is CC(CBr)C(C)NC(=O)c1cccc(N(C)C)c1. The number of hydrogen-bond acceptors (Lipinski definition) is 2. The molecule has 0 heterocycles. The molecular formula is C14H21BrN2O. The lowest BCUT2D eigenvalue weighted by molar-refractivity contribution is 0.0931. The predicted molar refractivity (Wildman–Crippen MR) is 80.7 cm³/mol. The molecule has 1 N–H and O–H groups in total. The molecule has 3 nitrogen and oxygen atoms in total. The van der Waals surface area contributed by atoms with E-state index in [4.69, 9.17) is 0 Å². The second kappa shape index (κ2) is 6.78. The summed E-state index contributed by atoms with van der Waals surface area (Å²) in [6.45, 7) is 4.13. The van der Waals surface area contributed by atoms with Crippen molar-refractivity contribution < 1.29 is 4.79 Å². The van der Waals surface area contributed by atoms with E-state index in [1.807, 2.05) is 50.2 Å². The number of hydrogen-bond donors (Lipinski definition) is 1. The molecule has 0 aliphatic heterocycles. The first kappa shape index (κ1) is 15.0. The molecule has 0 aliphatic rings. The van der Waals surface area contributed by atoms with Gasteiger partial charge >= 0.3 is 0 Å². The summed E-state index contributed by atoms with van der Waals surface area (Å²) in [5.41, 5.74) is 1.73. The molecule has 1 rings (SSSR count). The van der Waals surface area contributed by atoms with E-state index in [9.17, 15) is 4.79 Å². The summed E-state index contributed by atoms with van der Waals surface area (Å²) >= 11 is 3.43. The van der Waals surface area contributed by atoms with Gasteiger partial charge in [0.15, 0.2) is 0 Å². The van der Waals surface area contributed by atoms with Crippen LogP contribution in [0.5, 0.6) is 0 Å². The van der Waals surface area contributed by atoms with E-state index in [0.717, 1.165) is 11.0 Å². The van der Waals surface area contributed by atoms with Crippen LogP contribution in [0.25, 0.3) is 0 Å². The Balaban J connectivity index is 2.75. The zero-order valence-electron chi connectivity index (χ0n) is 11.4. The third-order valence-corrected chi connectivity index (χ3v) is 4.10. The van der Waals surface area contributed by atoms with Gasteiger partial charge < -0.3 is 10.2 Å². The number of rotatable bonds is 5. The first-order valence-electron chi connectivity index (χ1n) is 6.10. The van der Waals surface area contributed by atoms with Gasteiger partial charge in [0.2, 0.25) is 0 Å². The van der Waals surface area contributed by atoms with Crippen LogP contribution in [0.2, 0.25) is 0 Å². The van der Waals surface area contributed by atoms with Crippen LogP contribution in [0, 0.1) is 5.92 Å². The Morgan fingerprint density at radius 2 is 2.06 bits per heavy atom. The molecule has 18 heavy (non-hydrogen) atoms. The van der Waals surface area contributed by atoms with E-state index in [1.54, 1.807) is 0 Å². The predicted octanol–water partition coefficient (Wildman–Crippen LogP) is 2.90.